The lowest BCUT2D eigenvalue weighted by Crippen LogP contribution is -2.07. The lowest BCUT2D eigenvalue weighted by molar-refractivity contribution is -0.137. The van der Waals surface area contributed by atoms with Gasteiger partial charge < -0.3 is 4.74 Å². The first-order valence-electron chi connectivity index (χ1n) is 5.14. The van der Waals surface area contributed by atoms with Crippen molar-refractivity contribution < 1.29 is 9.53 Å². The highest BCUT2D eigenvalue weighted by atomic mass is 79.9. The van der Waals surface area contributed by atoms with Gasteiger partial charge in [-0.3, -0.25) is 0 Å². The molecular formula is C13H12BrNO2. The Morgan fingerprint density at radius 1 is 1.41 bits per heavy atom. The first-order valence-corrected chi connectivity index (χ1v) is 5.93. The third-order valence-electron chi connectivity index (χ3n) is 2.24. The Morgan fingerprint density at radius 2 is 2.00 bits per heavy atom. The minimum Gasteiger partial charge on any atom is -0.462 e. The van der Waals surface area contributed by atoms with Crippen molar-refractivity contribution in [3.05, 3.63) is 39.9 Å². The van der Waals surface area contributed by atoms with Crippen LogP contribution >= 0.6 is 15.9 Å². The van der Waals surface area contributed by atoms with E-state index in [4.69, 9.17) is 10.00 Å². The molecule has 0 saturated heterocycles. The minimum atomic E-state index is -0.574. The van der Waals surface area contributed by atoms with Gasteiger partial charge in [-0.1, -0.05) is 28.1 Å². The zero-order valence-electron chi connectivity index (χ0n) is 9.66. The molecule has 0 saturated carbocycles. The van der Waals surface area contributed by atoms with Gasteiger partial charge >= 0.3 is 5.97 Å². The number of hydrogen-bond donors (Lipinski definition) is 0. The fourth-order valence-corrected chi connectivity index (χ4v) is 1.59. The Balaban J connectivity index is 3.13. The predicted molar refractivity (Wildman–Crippen MR) is 69.0 cm³/mol. The van der Waals surface area contributed by atoms with Crippen molar-refractivity contribution in [1.29, 1.82) is 5.26 Å². The van der Waals surface area contributed by atoms with Crippen LogP contribution in [-0.2, 0) is 9.53 Å². The van der Waals surface area contributed by atoms with Crippen LogP contribution in [0.15, 0.2) is 34.3 Å². The smallest absolute Gasteiger partial charge is 0.349 e. The van der Waals surface area contributed by atoms with E-state index < -0.39 is 5.97 Å². The number of halogens is 1. The molecule has 0 amide bonds. The van der Waals surface area contributed by atoms with E-state index in [9.17, 15) is 4.79 Å². The fourth-order valence-electron chi connectivity index (χ4n) is 1.33. The van der Waals surface area contributed by atoms with E-state index in [2.05, 4.69) is 15.9 Å². The molecule has 1 aromatic carbocycles. The molecular weight excluding hydrogens is 282 g/mol. The molecule has 0 aliphatic heterocycles. The second-order valence-corrected chi connectivity index (χ2v) is 4.25. The summed E-state index contributed by atoms with van der Waals surface area (Å²) in [5.74, 6) is -0.574. The minimum absolute atomic E-state index is 0.0502. The molecule has 1 aromatic rings. The van der Waals surface area contributed by atoms with Crippen LogP contribution in [0.3, 0.4) is 0 Å². The summed E-state index contributed by atoms with van der Waals surface area (Å²) in [5.41, 5.74) is 1.51. The van der Waals surface area contributed by atoms with Crippen molar-refractivity contribution >= 4 is 27.5 Å². The summed E-state index contributed by atoms with van der Waals surface area (Å²) in [6.45, 7) is 3.71. The van der Waals surface area contributed by atoms with Crippen molar-refractivity contribution in [2.45, 2.75) is 13.8 Å². The Hall–Kier alpha value is -1.60. The molecule has 17 heavy (non-hydrogen) atoms. The van der Waals surface area contributed by atoms with Crippen molar-refractivity contribution in [2.75, 3.05) is 6.61 Å². The maximum absolute atomic E-state index is 11.5. The third kappa shape index (κ3) is 3.43. The van der Waals surface area contributed by atoms with Gasteiger partial charge in [0, 0.05) is 4.47 Å². The van der Waals surface area contributed by atoms with Gasteiger partial charge in [0.25, 0.3) is 0 Å². The number of allylic oxidation sites excluding steroid dienone is 1. The molecule has 0 radical (unpaired) electrons. The first kappa shape index (κ1) is 13.5. The van der Waals surface area contributed by atoms with Crippen LogP contribution in [0, 0.1) is 11.3 Å². The molecule has 3 nitrogen and oxygen atoms in total. The van der Waals surface area contributed by atoms with Crippen molar-refractivity contribution in [3.63, 3.8) is 0 Å². The summed E-state index contributed by atoms with van der Waals surface area (Å²) in [6, 6.07) is 9.30. The largest absolute Gasteiger partial charge is 0.462 e. The number of rotatable bonds is 3. The Labute approximate surface area is 109 Å². The van der Waals surface area contributed by atoms with E-state index in [1.165, 1.54) is 0 Å². The summed E-state index contributed by atoms with van der Waals surface area (Å²) in [4.78, 5) is 11.5. The molecule has 0 atom stereocenters. The molecule has 4 heteroatoms. The highest BCUT2D eigenvalue weighted by molar-refractivity contribution is 9.10. The molecule has 0 unspecified atom stereocenters. The molecule has 0 bridgehead atoms. The van der Waals surface area contributed by atoms with Gasteiger partial charge in [-0.15, -0.1) is 0 Å². The van der Waals surface area contributed by atoms with Gasteiger partial charge in [-0.2, -0.15) is 5.26 Å². The third-order valence-corrected chi connectivity index (χ3v) is 2.77. The van der Waals surface area contributed by atoms with Crippen molar-refractivity contribution in [2.24, 2.45) is 0 Å². The van der Waals surface area contributed by atoms with Gasteiger partial charge in [0.05, 0.1) is 6.61 Å². The molecule has 0 N–H and O–H groups in total. The van der Waals surface area contributed by atoms with Crippen LogP contribution in [0.4, 0.5) is 0 Å². The van der Waals surface area contributed by atoms with E-state index in [1.54, 1.807) is 13.8 Å². The molecule has 0 spiro atoms. The number of benzene rings is 1. The maximum atomic E-state index is 11.5. The number of nitriles is 1. The van der Waals surface area contributed by atoms with E-state index in [-0.39, 0.29) is 12.2 Å². The van der Waals surface area contributed by atoms with Crippen LogP contribution in [0.1, 0.15) is 19.4 Å². The fraction of sp³-hybridized carbons (Fsp3) is 0.231. The second-order valence-electron chi connectivity index (χ2n) is 3.34. The number of carbonyl (C=O) groups is 1. The number of hydrogen-bond acceptors (Lipinski definition) is 3. The Bertz CT molecular complexity index is 483. The van der Waals surface area contributed by atoms with Crippen molar-refractivity contribution in [1.82, 2.24) is 0 Å². The normalized spacial score (nSPS) is 11.4. The zero-order valence-corrected chi connectivity index (χ0v) is 11.2. The average molecular weight is 294 g/mol. The highest BCUT2D eigenvalue weighted by Gasteiger charge is 2.14. The molecule has 88 valence electrons. The standard InChI is InChI=1S/C13H12BrNO2/c1-3-17-13(16)12(8-15)9(2)10-4-6-11(14)7-5-10/h4-7H,3H2,1-2H3/b12-9+. The first-order chi connectivity index (χ1) is 8.10. The zero-order chi connectivity index (χ0) is 12.8. The van der Waals surface area contributed by atoms with Crippen LogP contribution in [0.5, 0.6) is 0 Å². The Kier molecular flexibility index (Phi) is 4.92. The quantitative estimate of drug-likeness (QED) is 0.488. The SMILES string of the molecule is CCOC(=O)/C(C#N)=C(\C)c1ccc(Br)cc1. The summed E-state index contributed by atoms with van der Waals surface area (Å²) in [7, 11) is 0. The molecule has 0 heterocycles. The molecule has 0 aliphatic rings. The number of nitrogens with zero attached hydrogens (tertiary/aromatic N) is 1. The summed E-state index contributed by atoms with van der Waals surface area (Å²) in [5, 5.41) is 8.99. The van der Waals surface area contributed by atoms with Crippen molar-refractivity contribution in [3.8, 4) is 6.07 Å². The van der Waals surface area contributed by atoms with Crippen LogP contribution in [-0.4, -0.2) is 12.6 Å². The van der Waals surface area contributed by atoms with Gasteiger partial charge in [-0.25, -0.2) is 4.79 Å². The molecule has 0 aliphatic carbocycles. The van der Waals surface area contributed by atoms with Crippen LogP contribution in [0.2, 0.25) is 0 Å². The summed E-state index contributed by atoms with van der Waals surface area (Å²) < 4.78 is 5.78. The van der Waals surface area contributed by atoms with Gasteiger partial charge in [0.15, 0.2) is 0 Å². The Morgan fingerprint density at radius 3 is 2.47 bits per heavy atom. The number of esters is 1. The van der Waals surface area contributed by atoms with Gasteiger partial charge in [0.2, 0.25) is 0 Å². The lowest BCUT2D eigenvalue weighted by Gasteiger charge is -2.05. The average Bonchev–Trinajstić information content (AvgIpc) is 2.31. The second kappa shape index (κ2) is 6.21. The van der Waals surface area contributed by atoms with E-state index >= 15 is 0 Å². The monoisotopic (exact) mass is 293 g/mol. The van der Waals surface area contributed by atoms with Crippen LogP contribution < -0.4 is 0 Å². The lowest BCUT2D eigenvalue weighted by atomic mass is 10.0. The van der Waals surface area contributed by atoms with Crippen LogP contribution in [0.25, 0.3) is 5.57 Å². The summed E-state index contributed by atoms with van der Waals surface area (Å²) >= 11 is 3.33. The maximum Gasteiger partial charge on any atom is 0.349 e. The van der Waals surface area contributed by atoms with Gasteiger partial charge in [0.1, 0.15) is 11.6 Å². The molecule has 0 aromatic heterocycles. The molecule has 1 rings (SSSR count). The topological polar surface area (TPSA) is 50.1 Å². The highest BCUT2D eigenvalue weighted by Crippen LogP contribution is 2.21. The van der Waals surface area contributed by atoms with Gasteiger partial charge in [-0.05, 0) is 37.1 Å². The molecule has 0 fully saturated rings. The predicted octanol–water partition coefficient (Wildman–Crippen LogP) is 3.31. The van der Waals surface area contributed by atoms with E-state index in [0.717, 1.165) is 10.0 Å². The van der Waals surface area contributed by atoms with E-state index in [1.807, 2.05) is 30.3 Å². The summed E-state index contributed by atoms with van der Waals surface area (Å²) in [6.07, 6.45) is 0. The number of ether oxygens (including phenoxy) is 1. The van der Waals surface area contributed by atoms with E-state index in [0.29, 0.717) is 5.57 Å². The number of carbonyl (C=O) groups excluding carboxylic acids is 1.